The quantitative estimate of drug-likeness (QED) is 0.662. The van der Waals surface area contributed by atoms with Crippen LogP contribution in [-0.2, 0) is 0 Å². The van der Waals surface area contributed by atoms with Gasteiger partial charge in [-0.05, 0) is 42.0 Å². The van der Waals surface area contributed by atoms with E-state index >= 15 is 0 Å². The number of carbonyl (C=O) groups excluding carboxylic acids is 1. The van der Waals surface area contributed by atoms with E-state index in [0.29, 0.717) is 5.56 Å². The number of nitrogens with zero attached hydrogens (tertiary/aromatic N) is 1. The predicted molar refractivity (Wildman–Crippen MR) is 100 cm³/mol. The van der Waals surface area contributed by atoms with Crippen molar-refractivity contribution in [2.24, 2.45) is 0 Å². The van der Waals surface area contributed by atoms with Crippen molar-refractivity contribution in [1.82, 2.24) is 0 Å². The number of halogens is 1. The number of benzene rings is 3. The summed E-state index contributed by atoms with van der Waals surface area (Å²) >= 11 is 3.45. The molecule has 1 aliphatic heterocycles. The lowest BCUT2D eigenvalue weighted by atomic mass is 10.0. The number of rotatable bonds is 2. The molecular weight excluding hydrogens is 364 g/mol. The zero-order chi connectivity index (χ0) is 16.5. The number of nitrogens with one attached hydrogen (secondary N) is 1. The Kier molecular flexibility index (Phi) is 3.82. The van der Waals surface area contributed by atoms with Gasteiger partial charge in [-0.25, -0.2) is 0 Å². The summed E-state index contributed by atoms with van der Waals surface area (Å²) in [5, 5.41) is 3.50. The molecule has 0 spiro atoms. The van der Waals surface area contributed by atoms with E-state index in [-0.39, 0.29) is 12.1 Å². The zero-order valence-corrected chi connectivity index (χ0v) is 14.4. The summed E-state index contributed by atoms with van der Waals surface area (Å²) < 4.78 is 0.986. The fourth-order valence-electron chi connectivity index (χ4n) is 2.99. The first-order chi connectivity index (χ1) is 11.7. The lowest BCUT2D eigenvalue weighted by Crippen LogP contribution is -2.43. The standard InChI is InChI=1S/C20H15BrN2O/c21-15-10-12-16(13-11-15)23-19(14-6-2-1-3-7-14)22-18-9-5-4-8-17(18)20(23)24/h1-13,19,22H. The van der Waals surface area contributed by atoms with Crippen LogP contribution in [0.3, 0.4) is 0 Å². The van der Waals surface area contributed by atoms with Crippen molar-refractivity contribution >= 4 is 33.2 Å². The zero-order valence-electron chi connectivity index (χ0n) is 12.8. The molecule has 0 aliphatic carbocycles. The number of hydrogen-bond acceptors (Lipinski definition) is 2. The van der Waals surface area contributed by atoms with Crippen molar-refractivity contribution in [1.29, 1.82) is 0 Å². The lowest BCUT2D eigenvalue weighted by Gasteiger charge is -2.38. The molecule has 0 radical (unpaired) electrons. The molecule has 1 amide bonds. The van der Waals surface area contributed by atoms with Gasteiger partial charge in [0, 0.05) is 15.8 Å². The highest BCUT2D eigenvalue weighted by Gasteiger charge is 2.33. The van der Waals surface area contributed by atoms with Crippen molar-refractivity contribution in [3.8, 4) is 0 Å². The van der Waals surface area contributed by atoms with Gasteiger partial charge in [-0.1, -0.05) is 58.4 Å². The monoisotopic (exact) mass is 378 g/mol. The highest BCUT2D eigenvalue weighted by Crippen LogP contribution is 2.36. The van der Waals surface area contributed by atoms with Gasteiger partial charge in [0.25, 0.3) is 5.91 Å². The molecule has 1 atom stereocenters. The molecule has 24 heavy (non-hydrogen) atoms. The molecule has 118 valence electrons. The van der Waals surface area contributed by atoms with E-state index in [1.54, 1.807) is 0 Å². The fourth-order valence-corrected chi connectivity index (χ4v) is 3.25. The van der Waals surface area contributed by atoms with E-state index in [2.05, 4.69) is 21.2 Å². The summed E-state index contributed by atoms with van der Waals surface area (Å²) in [6, 6.07) is 25.5. The van der Waals surface area contributed by atoms with Crippen LogP contribution in [0, 0.1) is 0 Å². The summed E-state index contributed by atoms with van der Waals surface area (Å²) in [7, 11) is 0. The van der Waals surface area contributed by atoms with Gasteiger partial charge in [-0.2, -0.15) is 0 Å². The summed E-state index contributed by atoms with van der Waals surface area (Å²) in [6.07, 6.45) is -0.241. The van der Waals surface area contributed by atoms with Gasteiger partial charge < -0.3 is 5.32 Å². The third kappa shape index (κ3) is 2.59. The van der Waals surface area contributed by atoms with Crippen LogP contribution in [0.5, 0.6) is 0 Å². The third-order valence-electron chi connectivity index (χ3n) is 4.15. The molecule has 0 bridgehead atoms. The molecular formula is C20H15BrN2O. The molecule has 3 nitrogen and oxygen atoms in total. The Morgan fingerprint density at radius 2 is 1.50 bits per heavy atom. The summed E-state index contributed by atoms with van der Waals surface area (Å²) in [5.41, 5.74) is 3.46. The minimum absolute atomic E-state index is 0.000487. The van der Waals surface area contributed by atoms with Gasteiger partial charge in [-0.3, -0.25) is 9.69 Å². The molecule has 4 rings (SSSR count). The first kappa shape index (κ1) is 15.0. The normalized spacial score (nSPS) is 16.5. The Hall–Kier alpha value is -2.59. The second-order valence-electron chi connectivity index (χ2n) is 5.65. The van der Waals surface area contributed by atoms with Crippen LogP contribution < -0.4 is 10.2 Å². The molecule has 1 unspecified atom stereocenters. The van der Waals surface area contributed by atoms with Gasteiger partial charge in [0.2, 0.25) is 0 Å². The summed E-state index contributed by atoms with van der Waals surface area (Å²) in [4.78, 5) is 15.0. The third-order valence-corrected chi connectivity index (χ3v) is 4.68. The molecule has 0 aromatic heterocycles. The second kappa shape index (κ2) is 6.13. The number of anilines is 2. The average molecular weight is 379 g/mol. The Bertz CT molecular complexity index is 878. The number of para-hydroxylation sites is 1. The molecule has 3 aromatic carbocycles. The molecule has 1 heterocycles. The van der Waals surface area contributed by atoms with E-state index in [9.17, 15) is 4.79 Å². The maximum Gasteiger partial charge on any atom is 0.262 e. The summed E-state index contributed by atoms with van der Waals surface area (Å²) in [5.74, 6) is 0.000487. The van der Waals surface area contributed by atoms with E-state index in [1.165, 1.54) is 0 Å². The molecule has 4 heteroatoms. The van der Waals surface area contributed by atoms with E-state index in [4.69, 9.17) is 0 Å². The van der Waals surface area contributed by atoms with Gasteiger partial charge in [0.05, 0.1) is 5.56 Å². The van der Waals surface area contributed by atoms with Crippen LogP contribution in [0.2, 0.25) is 0 Å². The minimum atomic E-state index is -0.241. The lowest BCUT2D eigenvalue weighted by molar-refractivity contribution is 0.0975. The summed E-state index contributed by atoms with van der Waals surface area (Å²) in [6.45, 7) is 0. The maximum absolute atomic E-state index is 13.2. The van der Waals surface area contributed by atoms with Crippen LogP contribution in [-0.4, -0.2) is 5.91 Å². The Morgan fingerprint density at radius 1 is 0.833 bits per heavy atom. The number of amides is 1. The molecule has 0 fully saturated rings. The molecule has 0 saturated heterocycles. The highest BCUT2D eigenvalue weighted by molar-refractivity contribution is 9.10. The molecule has 1 aliphatic rings. The van der Waals surface area contributed by atoms with Crippen LogP contribution in [0.25, 0.3) is 0 Å². The number of hydrogen-bond donors (Lipinski definition) is 1. The molecule has 0 saturated carbocycles. The Balaban J connectivity index is 1.86. The van der Waals surface area contributed by atoms with E-state index in [1.807, 2.05) is 83.8 Å². The van der Waals surface area contributed by atoms with Crippen molar-refractivity contribution < 1.29 is 4.79 Å². The minimum Gasteiger partial charge on any atom is -0.360 e. The first-order valence-electron chi connectivity index (χ1n) is 7.74. The van der Waals surface area contributed by atoms with Crippen molar-refractivity contribution in [2.75, 3.05) is 10.2 Å². The Labute approximate surface area is 149 Å². The van der Waals surface area contributed by atoms with Crippen LogP contribution in [0.15, 0.2) is 83.3 Å². The fraction of sp³-hybridized carbons (Fsp3) is 0.0500. The average Bonchev–Trinajstić information content (AvgIpc) is 2.63. The predicted octanol–water partition coefficient (Wildman–Crippen LogP) is 5.22. The first-order valence-corrected chi connectivity index (χ1v) is 8.53. The Morgan fingerprint density at radius 3 is 2.25 bits per heavy atom. The van der Waals surface area contributed by atoms with Gasteiger partial charge >= 0.3 is 0 Å². The second-order valence-corrected chi connectivity index (χ2v) is 6.57. The van der Waals surface area contributed by atoms with Gasteiger partial charge in [-0.15, -0.1) is 0 Å². The number of carbonyl (C=O) groups is 1. The SMILES string of the molecule is O=C1c2ccccc2NC(c2ccccc2)N1c1ccc(Br)cc1. The van der Waals surface area contributed by atoms with Crippen LogP contribution in [0.1, 0.15) is 22.1 Å². The van der Waals surface area contributed by atoms with E-state index < -0.39 is 0 Å². The van der Waals surface area contributed by atoms with Crippen molar-refractivity contribution in [3.05, 3.63) is 94.5 Å². The van der Waals surface area contributed by atoms with Crippen molar-refractivity contribution in [2.45, 2.75) is 6.17 Å². The topological polar surface area (TPSA) is 32.3 Å². The van der Waals surface area contributed by atoms with E-state index in [0.717, 1.165) is 21.4 Å². The number of fused-ring (bicyclic) bond motifs is 1. The van der Waals surface area contributed by atoms with Crippen LogP contribution >= 0.6 is 15.9 Å². The van der Waals surface area contributed by atoms with Crippen molar-refractivity contribution in [3.63, 3.8) is 0 Å². The molecule has 3 aromatic rings. The molecule has 1 N–H and O–H groups in total. The smallest absolute Gasteiger partial charge is 0.262 e. The highest BCUT2D eigenvalue weighted by atomic mass is 79.9. The largest absolute Gasteiger partial charge is 0.360 e. The van der Waals surface area contributed by atoms with Gasteiger partial charge in [0.15, 0.2) is 0 Å². The maximum atomic E-state index is 13.2. The van der Waals surface area contributed by atoms with Crippen LogP contribution in [0.4, 0.5) is 11.4 Å². The van der Waals surface area contributed by atoms with Gasteiger partial charge in [0.1, 0.15) is 6.17 Å².